The molecule has 0 heterocycles. The van der Waals surface area contributed by atoms with E-state index < -0.39 is 0 Å². The van der Waals surface area contributed by atoms with Gasteiger partial charge in [0.2, 0.25) is 0 Å². The molecule has 6 nitrogen and oxygen atoms in total. The van der Waals surface area contributed by atoms with E-state index in [1.54, 1.807) is 42.5 Å². The summed E-state index contributed by atoms with van der Waals surface area (Å²) in [5, 5.41) is 0. The zero-order valence-electron chi connectivity index (χ0n) is 27.3. The highest BCUT2D eigenvalue weighted by atomic mass is 16.6. The van der Waals surface area contributed by atoms with Gasteiger partial charge in [-0.15, -0.1) is 0 Å². The lowest BCUT2D eigenvalue weighted by Gasteiger charge is -2.20. The van der Waals surface area contributed by atoms with Crippen molar-refractivity contribution in [2.24, 2.45) is 0 Å². The first-order chi connectivity index (χ1) is 21.7. The van der Waals surface area contributed by atoms with Crippen LogP contribution in [0.25, 0.3) is 0 Å². The van der Waals surface area contributed by atoms with E-state index >= 15 is 0 Å². The second-order valence-electron chi connectivity index (χ2n) is 11.9. The molecule has 0 aliphatic heterocycles. The van der Waals surface area contributed by atoms with E-state index in [2.05, 4.69) is 6.92 Å². The number of ether oxygens (including phenoxy) is 4. The molecule has 0 aromatic heterocycles. The molecular weight excluding hydrogens is 552 g/mol. The molecule has 6 heteroatoms. The van der Waals surface area contributed by atoms with Crippen molar-refractivity contribution in [1.82, 2.24) is 0 Å². The van der Waals surface area contributed by atoms with Gasteiger partial charge in [0.15, 0.2) is 11.6 Å². The van der Waals surface area contributed by atoms with Gasteiger partial charge in [-0.05, 0) is 12.5 Å². The smallest absolute Gasteiger partial charge is 0.198 e. The summed E-state index contributed by atoms with van der Waals surface area (Å²) in [4.78, 5) is 25.9. The second kappa shape index (κ2) is 22.9. The molecule has 0 amide bonds. The standard InChI is InChI=1S/C38H56O6/c1-2-3-4-5-6-7-8-9-10-11-12-13-14-15-16-19-25-41-26-27-42-28-29-43-30-31-44-35-24-20-23-34-36(35)38(40)33-22-18-17-21-32(33)37(34)39/h17-18,20-24H,2-16,19,25-31H2,1H3. The summed E-state index contributed by atoms with van der Waals surface area (Å²) in [6.45, 7) is 5.85. The fraction of sp³-hybridized carbons (Fsp3) is 0.632. The van der Waals surface area contributed by atoms with Crippen molar-refractivity contribution in [2.45, 2.75) is 110 Å². The van der Waals surface area contributed by atoms with Crippen LogP contribution in [0.5, 0.6) is 5.75 Å². The minimum Gasteiger partial charge on any atom is -0.490 e. The molecule has 2 aromatic carbocycles. The van der Waals surface area contributed by atoms with Crippen LogP contribution < -0.4 is 4.74 Å². The Morgan fingerprint density at radius 2 is 0.864 bits per heavy atom. The average Bonchev–Trinajstić information content (AvgIpc) is 3.05. The van der Waals surface area contributed by atoms with Crippen molar-refractivity contribution in [1.29, 1.82) is 0 Å². The van der Waals surface area contributed by atoms with Gasteiger partial charge in [0.05, 0.1) is 38.6 Å². The largest absolute Gasteiger partial charge is 0.490 e. The van der Waals surface area contributed by atoms with Crippen LogP contribution in [0.1, 0.15) is 141 Å². The molecule has 0 radical (unpaired) electrons. The van der Waals surface area contributed by atoms with Crippen molar-refractivity contribution >= 4 is 11.6 Å². The molecule has 0 spiro atoms. The van der Waals surface area contributed by atoms with Crippen LogP contribution in [0.15, 0.2) is 42.5 Å². The Morgan fingerprint density at radius 3 is 1.41 bits per heavy atom. The molecule has 0 N–H and O–H groups in total. The normalized spacial score (nSPS) is 12.4. The lowest BCUT2D eigenvalue weighted by molar-refractivity contribution is 0.00874. The number of ketones is 2. The van der Waals surface area contributed by atoms with Crippen molar-refractivity contribution in [3.63, 3.8) is 0 Å². The molecule has 0 saturated heterocycles. The predicted octanol–water partition coefficient (Wildman–Crippen LogP) is 9.15. The Bertz CT molecular complexity index is 1080. The van der Waals surface area contributed by atoms with Gasteiger partial charge in [-0.3, -0.25) is 9.59 Å². The van der Waals surface area contributed by atoms with Crippen LogP contribution in [0.2, 0.25) is 0 Å². The summed E-state index contributed by atoms with van der Waals surface area (Å²) in [6.07, 6.45) is 22.0. The van der Waals surface area contributed by atoms with E-state index in [9.17, 15) is 9.59 Å². The number of carbonyl (C=O) groups excluding carboxylic acids is 2. The van der Waals surface area contributed by atoms with Crippen LogP contribution in [0.3, 0.4) is 0 Å². The van der Waals surface area contributed by atoms with E-state index in [0.717, 1.165) is 13.0 Å². The lowest BCUT2D eigenvalue weighted by atomic mass is 9.83. The maximum Gasteiger partial charge on any atom is 0.198 e. The summed E-state index contributed by atoms with van der Waals surface area (Å²) in [7, 11) is 0. The number of hydrogen-bond acceptors (Lipinski definition) is 6. The van der Waals surface area contributed by atoms with Gasteiger partial charge < -0.3 is 18.9 Å². The minimum absolute atomic E-state index is 0.150. The van der Waals surface area contributed by atoms with Crippen LogP contribution in [-0.4, -0.2) is 57.8 Å². The predicted molar refractivity (Wildman–Crippen MR) is 177 cm³/mol. The number of rotatable bonds is 27. The van der Waals surface area contributed by atoms with E-state index in [4.69, 9.17) is 18.9 Å². The van der Waals surface area contributed by atoms with Gasteiger partial charge in [0, 0.05) is 23.3 Å². The number of benzene rings is 2. The highest BCUT2D eigenvalue weighted by Crippen LogP contribution is 2.33. The summed E-state index contributed by atoms with van der Waals surface area (Å²) in [5.41, 5.74) is 1.58. The van der Waals surface area contributed by atoms with Gasteiger partial charge >= 0.3 is 0 Å². The Labute approximate surface area is 266 Å². The lowest BCUT2D eigenvalue weighted by Crippen LogP contribution is -2.22. The van der Waals surface area contributed by atoms with E-state index in [1.807, 2.05) is 0 Å². The fourth-order valence-electron chi connectivity index (χ4n) is 5.74. The Kier molecular flexibility index (Phi) is 18.7. The average molecular weight is 609 g/mol. The van der Waals surface area contributed by atoms with Gasteiger partial charge in [0.1, 0.15) is 12.4 Å². The molecule has 0 atom stereocenters. The SMILES string of the molecule is CCCCCCCCCCCCCCCCCCOCCOCCOCCOc1cccc2c1C(=O)c1ccccc1C2=O. The summed E-state index contributed by atoms with van der Waals surface area (Å²) >= 11 is 0. The second-order valence-corrected chi connectivity index (χ2v) is 11.9. The Hall–Kier alpha value is -2.54. The first-order valence-corrected chi connectivity index (χ1v) is 17.4. The third-order valence-corrected chi connectivity index (χ3v) is 8.29. The molecule has 1 aliphatic carbocycles. The third-order valence-electron chi connectivity index (χ3n) is 8.29. The van der Waals surface area contributed by atoms with Crippen molar-refractivity contribution < 1.29 is 28.5 Å². The minimum atomic E-state index is -0.183. The van der Waals surface area contributed by atoms with Crippen LogP contribution >= 0.6 is 0 Å². The molecule has 3 rings (SSSR count). The van der Waals surface area contributed by atoms with Gasteiger partial charge in [0.25, 0.3) is 0 Å². The van der Waals surface area contributed by atoms with Gasteiger partial charge in [-0.1, -0.05) is 140 Å². The Balaban J connectivity index is 1.06. The molecular formula is C38H56O6. The third kappa shape index (κ3) is 13.2. The van der Waals surface area contributed by atoms with Crippen LogP contribution in [0, 0.1) is 0 Å². The number of fused-ring (bicyclic) bond motifs is 2. The van der Waals surface area contributed by atoms with Crippen LogP contribution in [-0.2, 0) is 14.2 Å². The highest BCUT2D eigenvalue weighted by Gasteiger charge is 2.31. The van der Waals surface area contributed by atoms with Gasteiger partial charge in [-0.2, -0.15) is 0 Å². The molecule has 44 heavy (non-hydrogen) atoms. The number of hydrogen-bond donors (Lipinski definition) is 0. The maximum atomic E-state index is 13.0. The maximum absolute atomic E-state index is 13.0. The van der Waals surface area contributed by atoms with E-state index in [0.29, 0.717) is 61.0 Å². The quantitative estimate of drug-likeness (QED) is 0.0804. The highest BCUT2D eigenvalue weighted by molar-refractivity contribution is 6.29. The molecule has 0 saturated carbocycles. The van der Waals surface area contributed by atoms with E-state index in [-0.39, 0.29) is 18.2 Å². The molecule has 0 bridgehead atoms. The van der Waals surface area contributed by atoms with Gasteiger partial charge in [-0.25, -0.2) is 0 Å². The molecule has 2 aromatic rings. The van der Waals surface area contributed by atoms with Crippen molar-refractivity contribution in [3.8, 4) is 5.75 Å². The summed E-state index contributed by atoms with van der Waals surface area (Å²) in [6, 6.07) is 12.1. The first-order valence-electron chi connectivity index (χ1n) is 17.4. The topological polar surface area (TPSA) is 71.1 Å². The number of unbranched alkanes of at least 4 members (excludes halogenated alkanes) is 15. The zero-order valence-corrected chi connectivity index (χ0v) is 27.3. The fourth-order valence-corrected chi connectivity index (χ4v) is 5.74. The summed E-state index contributed by atoms with van der Waals surface area (Å²) < 4.78 is 22.7. The summed E-state index contributed by atoms with van der Waals surface area (Å²) in [5.74, 6) is 0.0805. The molecule has 0 unspecified atom stereocenters. The van der Waals surface area contributed by atoms with Crippen LogP contribution in [0.4, 0.5) is 0 Å². The Morgan fingerprint density at radius 1 is 0.432 bits per heavy atom. The number of carbonyl (C=O) groups is 2. The molecule has 0 fully saturated rings. The molecule has 1 aliphatic rings. The van der Waals surface area contributed by atoms with E-state index in [1.165, 1.54) is 96.3 Å². The van der Waals surface area contributed by atoms with Crippen molar-refractivity contribution in [2.75, 3.05) is 46.2 Å². The molecule has 244 valence electrons. The monoisotopic (exact) mass is 608 g/mol. The van der Waals surface area contributed by atoms with Crippen molar-refractivity contribution in [3.05, 3.63) is 64.7 Å². The first kappa shape index (κ1) is 35.9. The zero-order chi connectivity index (χ0) is 31.1.